The van der Waals surface area contributed by atoms with Gasteiger partial charge in [-0.1, -0.05) is 115 Å². The largest absolute Gasteiger partial charge is 0.469 e. The average molecular weight is 532 g/mol. The Morgan fingerprint density at radius 2 is 1.25 bits per heavy atom. The summed E-state index contributed by atoms with van der Waals surface area (Å²) >= 11 is 0. The summed E-state index contributed by atoms with van der Waals surface area (Å²) in [6.45, 7) is 4.26. The van der Waals surface area contributed by atoms with Crippen molar-refractivity contribution < 1.29 is 19.1 Å². The Morgan fingerprint density at radius 3 is 1.77 bits per heavy atom. The number of ether oxygens (including phenoxy) is 2. The molecule has 0 spiro atoms. The number of esters is 2. The molecular formula is C35H33NO4. The highest BCUT2D eigenvalue weighted by atomic mass is 16.5. The van der Waals surface area contributed by atoms with E-state index in [2.05, 4.69) is 47.9 Å². The zero-order valence-electron chi connectivity index (χ0n) is 22.8. The monoisotopic (exact) mass is 531 g/mol. The van der Waals surface area contributed by atoms with Gasteiger partial charge in [-0.15, -0.1) is 6.58 Å². The molecule has 0 bridgehead atoms. The van der Waals surface area contributed by atoms with Crippen LogP contribution < -0.4 is 0 Å². The molecule has 202 valence electrons. The van der Waals surface area contributed by atoms with Crippen molar-refractivity contribution in [2.24, 2.45) is 5.92 Å². The van der Waals surface area contributed by atoms with Gasteiger partial charge in [-0.25, -0.2) is 0 Å². The number of allylic oxidation sites excluding steroid dienone is 1. The van der Waals surface area contributed by atoms with Crippen molar-refractivity contribution in [2.75, 3.05) is 14.2 Å². The van der Waals surface area contributed by atoms with Crippen molar-refractivity contribution in [3.05, 3.63) is 144 Å². The maximum Gasteiger partial charge on any atom is 0.324 e. The lowest BCUT2D eigenvalue weighted by molar-refractivity contribution is -0.162. The minimum atomic E-state index is -0.991. The maximum atomic E-state index is 13.9. The molecule has 0 heterocycles. The molecule has 0 N–H and O–H groups in total. The second kappa shape index (κ2) is 11.7. The molecule has 0 saturated heterocycles. The van der Waals surface area contributed by atoms with E-state index in [1.165, 1.54) is 14.2 Å². The maximum absolute atomic E-state index is 13.9. The molecule has 2 atom stereocenters. The van der Waals surface area contributed by atoms with Gasteiger partial charge in [0.15, 0.2) is 0 Å². The summed E-state index contributed by atoms with van der Waals surface area (Å²) in [6.07, 6.45) is 1.90. The molecule has 0 fully saturated rings. The van der Waals surface area contributed by atoms with Crippen molar-refractivity contribution in [2.45, 2.75) is 24.5 Å². The van der Waals surface area contributed by atoms with E-state index < -0.39 is 29.4 Å². The second-order valence-corrected chi connectivity index (χ2v) is 9.90. The van der Waals surface area contributed by atoms with Gasteiger partial charge < -0.3 is 9.47 Å². The number of methoxy groups -OCH3 is 2. The summed E-state index contributed by atoms with van der Waals surface area (Å²) in [5.74, 6) is -1.85. The molecule has 5 nitrogen and oxygen atoms in total. The molecule has 1 aliphatic carbocycles. The number of carbonyl (C=O) groups excluding carboxylic acids is 2. The van der Waals surface area contributed by atoms with E-state index in [0.29, 0.717) is 6.54 Å². The van der Waals surface area contributed by atoms with Crippen LogP contribution in [0.5, 0.6) is 0 Å². The van der Waals surface area contributed by atoms with Crippen LogP contribution in [0, 0.1) is 5.92 Å². The van der Waals surface area contributed by atoms with Crippen LogP contribution in [0.3, 0.4) is 0 Å². The molecule has 1 aliphatic rings. The molecule has 4 aromatic rings. The van der Waals surface area contributed by atoms with Crippen LogP contribution in [0.1, 0.15) is 28.7 Å². The van der Waals surface area contributed by atoms with Crippen LogP contribution in [0.4, 0.5) is 0 Å². The summed E-state index contributed by atoms with van der Waals surface area (Å²) in [4.78, 5) is 29.4. The number of hydrogen-bond donors (Lipinski definition) is 0. The van der Waals surface area contributed by atoms with Crippen LogP contribution >= 0.6 is 0 Å². The minimum absolute atomic E-state index is 0.242. The fourth-order valence-corrected chi connectivity index (χ4v) is 6.20. The molecule has 5 rings (SSSR count). The van der Waals surface area contributed by atoms with Crippen LogP contribution in [0.25, 0.3) is 11.1 Å². The molecule has 0 amide bonds. The van der Waals surface area contributed by atoms with E-state index in [1.807, 2.05) is 72.8 Å². The highest BCUT2D eigenvalue weighted by Gasteiger charge is 2.54. The molecule has 0 aromatic heterocycles. The number of carbonyl (C=O) groups is 2. The molecule has 5 heteroatoms. The third-order valence-corrected chi connectivity index (χ3v) is 7.83. The molecule has 0 aliphatic heterocycles. The van der Waals surface area contributed by atoms with Crippen molar-refractivity contribution in [3.63, 3.8) is 0 Å². The van der Waals surface area contributed by atoms with Gasteiger partial charge in [0.05, 0.1) is 25.7 Å². The molecule has 0 radical (unpaired) electrons. The van der Waals surface area contributed by atoms with Gasteiger partial charge in [0.1, 0.15) is 6.04 Å². The van der Waals surface area contributed by atoms with E-state index in [0.717, 1.165) is 33.4 Å². The van der Waals surface area contributed by atoms with E-state index >= 15 is 0 Å². The molecule has 4 aromatic carbocycles. The van der Waals surface area contributed by atoms with Crippen molar-refractivity contribution >= 4 is 11.9 Å². The average Bonchev–Trinajstić information content (AvgIpc) is 3.31. The van der Waals surface area contributed by atoms with Crippen LogP contribution in [0.15, 0.2) is 122 Å². The minimum Gasteiger partial charge on any atom is -0.469 e. The normalized spacial score (nSPS) is 14.5. The zero-order chi connectivity index (χ0) is 28.1. The van der Waals surface area contributed by atoms with Gasteiger partial charge >= 0.3 is 11.9 Å². The lowest BCUT2D eigenvalue weighted by atomic mass is 9.76. The van der Waals surface area contributed by atoms with Gasteiger partial charge in [0, 0.05) is 6.54 Å². The van der Waals surface area contributed by atoms with Crippen LogP contribution in [-0.4, -0.2) is 37.1 Å². The number of rotatable bonds is 10. The Morgan fingerprint density at radius 1 is 0.750 bits per heavy atom. The topological polar surface area (TPSA) is 55.8 Å². The highest BCUT2D eigenvalue weighted by Crippen LogP contribution is 2.55. The first kappa shape index (κ1) is 27.1. The molecular weight excluding hydrogens is 498 g/mol. The number of hydrogen-bond acceptors (Lipinski definition) is 5. The Bertz CT molecular complexity index is 1450. The SMILES string of the molecule is C=CC[C@H](C(=O)OC)[C@H](C(=O)OC)N(Cc1ccccc1)C1(c2ccccc2)c2ccccc2-c2ccccc21. The lowest BCUT2D eigenvalue weighted by Gasteiger charge is -2.48. The van der Waals surface area contributed by atoms with Crippen molar-refractivity contribution in [1.29, 1.82) is 0 Å². The Hall–Kier alpha value is -4.48. The Balaban J connectivity index is 1.90. The Kier molecular flexibility index (Phi) is 7.94. The highest BCUT2D eigenvalue weighted by molar-refractivity contribution is 5.87. The summed E-state index contributed by atoms with van der Waals surface area (Å²) in [5, 5.41) is 0. The molecule has 0 unspecified atom stereocenters. The predicted octanol–water partition coefficient (Wildman–Crippen LogP) is 6.37. The Labute approximate surface area is 235 Å². The first-order valence-electron chi connectivity index (χ1n) is 13.4. The number of benzene rings is 4. The third-order valence-electron chi connectivity index (χ3n) is 7.83. The van der Waals surface area contributed by atoms with E-state index in [4.69, 9.17) is 9.47 Å². The summed E-state index contributed by atoms with van der Waals surface area (Å²) in [5.41, 5.74) is 5.31. The van der Waals surface area contributed by atoms with E-state index in [-0.39, 0.29) is 6.42 Å². The summed E-state index contributed by atoms with van der Waals surface area (Å²) < 4.78 is 10.7. The van der Waals surface area contributed by atoms with Crippen LogP contribution in [-0.2, 0) is 31.1 Å². The van der Waals surface area contributed by atoms with Gasteiger partial charge in [0.25, 0.3) is 0 Å². The standard InChI is InChI=1S/C35H33NO4/c1-4-15-29(33(37)39-2)32(34(38)40-3)36(24-25-16-7-5-8-17-25)35(26-18-9-6-10-19-26)30-22-13-11-20-27(30)28-21-12-14-23-31(28)35/h4-14,16-23,29,32H,1,15,24H2,2-3H3/t29-,32+/m0/s1. The van der Waals surface area contributed by atoms with Crippen LogP contribution in [0.2, 0.25) is 0 Å². The van der Waals surface area contributed by atoms with Crippen molar-refractivity contribution in [1.82, 2.24) is 4.90 Å². The first-order valence-corrected chi connectivity index (χ1v) is 13.4. The fourth-order valence-electron chi connectivity index (χ4n) is 6.20. The van der Waals surface area contributed by atoms with Gasteiger partial charge in [-0.05, 0) is 39.8 Å². The van der Waals surface area contributed by atoms with Gasteiger partial charge in [0.2, 0.25) is 0 Å². The van der Waals surface area contributed by atoms with E-state index in [9.17, 15) is 9.59 Å². The predicted molar refractivity (Wildman–Crippen MR) is 156 cm³/mol. The van der Waals surface area contributed by atoms with Gasteiger partial charge in [-0.3, -0.25) is 14.5 Å². The first-order chi connectivity index (χ1) is 19.6. The summed E-state index contributed by atoms with van der Waals surface area (Å²) in [6, 6.07) is 35.8. The third kappa shape index (κ3) is 4.52. The van der Waals surface area contributed by atoms with E-state index in [1.54, 1.807) is 6.08 Å². The molecule has 40 heavy (non-hydrogen) atoms. The fraction of sp³-hybridized carbons (Fsp3) is 0.200. The van der Waals surface area contributed by atoms with Crippen molar-refractivity contribution in [3.8, 4) is 11.1 Å². The number of fused-ring (bicyclic) bond motifs is 3. The lowest BCUT2D eigenvalue weighted by Crippen LogP contribution is -2.58. The zero-order valence-corrected chi connectivity index (χ0v) is 22.8. The number of nitrogens with zero attached hydrogens (tertiary/aromatic N) is 1. The summed E-state index contributed by atoms with van der Waals surface area (Å²) in [7, 11) is 2.71. The smallest absolute Gasteiger partial charge is 0.324 e. The van der Waals surface area contributed by atoms with Gasteiger partial charge in [-0.2, -0.15) is 0 Å². The quantitative estimate of drug-likeness (QED) is 0.176. The second-order valence-electron chi connectivity index (χ2n) is 9.90. The molecule has 0 saturated carbocycles.